The lowest BCUT2D eigenvalue weighted by Crippen LogP contribution is -2.02. The first-order valence-corrected chi connectivity index (χ1v) is 6.12. The van der Waals surface area contributed by atoms with E-state index in [1.165, 1.54) is 0 Å². The minimum atomic E-state index is 0.737. The third-order valence-corrected chi connectivity index (χ3v) is 2.71. The Morgan fingerprint density at radius 2 is 2.06 bits per heavy atom. The Morgan fingerprint density at radius 1 is 1.25 bits per heavy atom. The number of hydrogen-bond acceptors (Lipinski definition) is 5. The molecular formula is C11H14N4S. The molecule has 84 valence electrons. The van der Waals surface area contributed by atoms with Crippen LogP contribution in [0.3, 0.4) is 0 Å². The highest BCUT2D eigenvalue weighted by Gasteiger charge is 1.97. The van der Waals surface area contributed by atoms with Gasteiger partial charge in [0.1, 0.15) is 0 Å². The third-order valence-electron chi connectivity index (χ3n) is 2.08. The topological polar surface area (TPSA) is 49.8 Å². The van der Waals surface area contributed by atoms with E-state index < -0.39 is 0 Å². The smallest absolute Gasteiger partial charge is 0.0795 e. The number of thiazole rings is 1. The van der Waals surface area contributed by atoms with Gasteiger partial charge in [0, 0.05) is 11.9 Å². The summed E-state index contributed by atoms with van der Waals surface area (Å²) in [5, 5.41) is 8.55. The molecule has 2 rings (SSSR count). The fourth-order valence-electron chi connectivity index (χ4n) is 1.35. The molecule has 0 unspecified atom stereocenters. The number of hydrogen-bond donors (Lipinski definition) is 2. The van der Waals surface area contributed by atoms with Crippen molar-refractivity contribution >= 4 is 22.7 Å². The summed E-state index contributed by atoms with van der Waals surface area (Å²) in [5.74, 6) is 0. The fourth-order valence-corrected chi connectivity index (χ4v) is 1.91. The van der Waals surface area contributed by atoms with E-state index in [0.29, 0.717) is 0 Å². The van der Waals surface area contributed by atoms with E-state index in [1.807, 2.05) is 29.4 Å². The molecule has 16 heavy (non-hydrogen) atoms. The Kier molecular flexibility index (Phi) is 3.71. The van der Waals surface area contributed by atoms with Crippen LogP contribution >= 0.6 is 11.3 Å². The van der Waals surface area contributed by atoms with Crippen LogP contribution < -0.4 is 10.6 Å². The summed E-state index contributed by atoms with van der Waals surface area (Å²) in [7, 11) is 0. The summed E-state index contributed by atoms with van der Waals surface area (Å²) in [5.41, 5.74) is 4.93. The zero-order valence-electron chi connectivity index (χ0n) is 9.10. The average molecular weight is 234 g/mol. The second-order valence-electron chi connectivity index (χ2n) is 3.33. The maximum atomic E-state index is 4.21. The summed E-state index contributed by atoms with van der Waals surface area (Å²) in [4.78, 5) is 8.37. The second kappa shape index (κ2) is 5.46. The summed E-state index contributed by atoms with van der Waals surface area (Å²) in [6, 6.07) is 2.04. The predicted octanol–water partition coefficient (Wildman–Crippen LogP) is 2.58. The van der Waals surface area contributed by atoms with E-state index in [9.17, 15) is 0 Å². The van der Waals surface area contributed by atoms with Gasteiger partial charge in [-0.3, -0.25) is 4.98 Å². The van der Waals surface area contributed by atoms with Gasteiger partial charge in [0.15, 0.2) is 0 Å². The van der Waals surface area contributed by atoms with E-state index >= 15 is 0 Å². The van der Waals surface area contributed by atoms with Crippen molar-refractivity contribution < 1.29 is 0 Å². The molecule has 0 atom stereocenters. The lowest BCUT2D eigenvalue weighted by molar-refractivity contribution is 1.07. The van der Waals surface area contributed by atoms with Gasteiger partial charge in [-0.1, -0.05) is 0 Å². The van der Waals surface area contributed by atoms with Crippen molar-refractivity contribution in [2.24, 2.45) is 0 Å². The number of anilines is 2. The lowest BCUT2D eigenvalue weighted by Gasteiger charge is -2.07. The molecular weight excluding hydrogens is 220 g/mol. The quantitative estimate of drug-likeness (QED) is 0.835. The molecule has 0 saturated heterocycles. The van der Waals surface area contributed by atoms with E-state index in [1.54, 1.807) is 11.3 Å². The van der Waals surface area contributed by atoms with E-state index in [2.05, 4.69) is 27.5 Å². The zero-order valence-corrected chi connectivity index (χ0v) is 9.92. The van der Waals surface area contributed by atoms with Gasteiger partial charge in [-0.15, -0.1) is 11.3 Å². The average Bonchev–Trinajstić information content (AvgIpc) is 2.80. The summed E-state index contributed by atoms with van der Waals surface area (Å²) in [6.45, 7) is 3.70. The van der Waals surface area contributed by atoms with E-state index in [-0.39, 0.29) is 0 Å². The molecule has 0 amide bonds. The molecule has 0 radical (unpaired) electrons. The zero-order chi connectivity index (χ0) is 11.2. The van der Waals surface area contributed by atoms with Crippen molar-refractivity contribution in [3.05, 3.63) is 35.0 Å². The van der Waals surface area contributed by atoms with Gasteiger partial charge in [0.05, 0.1) is 41.5 Å². The molecule has 2 N–H and O–H groups in total. The van der Waals surface area contributed by atoms with Crippen LogP contribution in [-0.2, 0) is 6.54 Å². The van der Waals surface area contributed by atoms with Crippen molar-refractivity contribution in [1.82, 2.24) is 9.97 Å². The van der Waals surface area contributed by atoms with Crippen LogP contribution in [0.2, 0.25) is 0 Å². The molecule has 4 nitrogen and oxygen atoms in total. The van der Waals surface area contributed by atoms with E-state index in [0.717, 1.165) is 30.2 Å². The Hall–Kier alpha value is -1.62. The Balaban J connectivity index is 1.96. The first-order chi connectivity index (χ1) is 7.88. The predicted molar refractivity (Wildman–Crippen MR) is 67.8 cm³/mol. The van der Waals surface area contributed by atoms with Crippen LogP contribution in [0.1, 0.15) is 12.6 Å². The Morgan fingerprint density at radius 3 is 2.75 bits per heavy atom. The molecule has 0 fully saturated rings. The number of rotatable bonds is 5. The molecule has 0 bridgehead atoms. The number of pyridine rings is 1. The number of nitrogens with one attached hydrogen (secondary N) is 2. The molecule has 0 aliphatic carbocycles. The summed E-state index contributed by atoms with van der Waals surface area (Å²) in [6.07, 6.45) is 3.63. The van der Waals surface area contributed by atoms with Crippen molar-refractivity contribution in [2.45, 2.75) is 13.5 Å². The van der Waals surface area contributed by atoms with Crippen LogP contribution in [0.5, 0.6) is 0 Å². The molecule has 2 heterocycles. The van der Waals surface area contributed by atoms with Crippen LogP contribution in [-0.4, -0.2) is 16.5 Å². The highest BCUT2D eigenvalue weighted by atomic mass is 32.1. The number of aromatic nitrogens is 2. The highest BCUT2D eigenvalue weighted by molar-refractivity contribution is 7.07. The largest absolute Gasteiger partial charge is 0.384 e. The maximum Gasteiger partial charge on any atom is 0.0795 e. The van der Waals surface area contributed by atoms with Crippen molar-refractivity contribution in [1.29, 1.82) is 0 Å². The molecule has 2 aromatic heterocycles. The monoisotopic (exact) mass is 234 g/mol. The lowest BCUT2D eigenvalue weighted by atomic mass is 10.3. The minimum absolute atomic E-state index is 0.737. The fraction of sp³-hybridized carbons (Fsp3) is 0.273. The van der Waals surface area contributed by atoms with Gasteiger partial charge in [-0.25, -0.2) is 4.98 Å². The van der Waals surface area contributed by atoms with Crippen molar-refractivity contribution in [3.63, 3.8) is 0 Å². The van der Waals surface area contributed by atoms with Gasteiger partial charge in [0.2, 0.25) is 0 Å². The van der Waals surface area contributed by atoms with Gasteiger partial charge < -0.3 is 10.6 Å². The Bertz CT molecular complexity index is 427. The van der Waals surface area contributed by atoms with Gasteiger partial charge >= 0.3 is 0 Å². The summed E-state index contributed by atoms with van der Waals surface area (Å²) >= 11 is 1.61. The normalized spacial score (nSPS) is 10.1. The van der Waals surface area contributed by atoms with Crippen LogP contribution in [0, 0.1) is 0 Å². The SMILES string of the molecule is CCNc1cncc(NCc2cscn2)c1. The van der Waals surface area contributed by atoms with Crippen molar-refractivity contribution in [3.8, 4) is 0 Å². The maximum absolute atomic E-state index is 4.21. The van der Waals surface area contributed by atoms with Crippen LogP contribution in [0.25, 0.3) is 0 Å². The first kappa shape index (κ1) is 10.9. The highest BCUT2D eigenvalue weighted by Crippen LogP contribution is 2.13. The van der Waals surface area contributed by atoms with Gasteiger partial charge in [0.25, 0.3) is 0 Å². The van der Waals surface area contributed by atoms with Crippen LogP contribution in [0.15, 0.2) is 29.4 Å². The summed E-state index contributed by atoms with van der Waals surface area (Å²) < 4.78 is 0. The molecule has 2 aromatic rings. The standard InChI is InChI=1S/C11H14N4S/c1-2-13-9-3-10(5-12-4-9)14-6-11-7-16-8-15-11/h3-5,7-8,13-14H,2,6H2,1H3. The van der Waals surface area contributed by atoms with Crippen molar-refractivity contribution in [2.75, 3.05) is 17.2 Å². The first-order valence-electron chi connectivity index (χ1n) is 5.18. The van der Waals surface area contributed by atoms with Crippen LogP contribution in [0.4, 0.5) is 11.4 Å². The minimum Gasteiger partial charge on any atom is -0.384 e. The van der Waals surface area contributed by atoms with Gasteiger partial charge in [-0.05, 0) is 13.0 Å². The molecule has 0 spiro atoms. The molecule has 0 aliphatic heterocycles. The van der Waals surface area contributed by atoms with E-state index in [4.69, 9.17) is 0 Å². The molecule has 0 saturated carbocycles. The molecule has 0 aliphatic rings. The second-order valence-corrected chi connectivity index (χ2v) is 4.04. The third kappa shape index (κ3) is 2.93. The number of nitrogens with zero attached hydrogens (tertiary/aromatic N) is 2. The molecule has 5 heteroatoms. The van der Waals surface area contributed by atoms with Gasteiger partial charge in [-0.2, -0.15) is 0 Å². The molecule has 0 aromatic carbocycles. The Labute approximate surface area is 98.8 Å².